The molecule has 0 aliphatic carbocycles. The van der Waals surface area contributed by atoms with Gasteiger partial charge in [0.15, 0.2) is 0 Å². The van der Waals surface area contributed by atoms with Crippen molar-refractivity contribution in [2.24, 2.45) is 0 Å². The minimum Gasteiger partial charge on any atom is -0.497 e. The Morgan fingerprint density at radius 3 is 2.82 bits per heavy atom. The summed E-state index contributed by atoms with van der Waals surface area (Å²) < 4.78 is 10.8. The average molecular weight is 400 g/mol. The number of anilines is 1. The third kappa shape index (κ3) is 4.38. The van der Waals surface area contributed by atoms with Gasteiger partial charge in [-0.15, -0.1) is 0 Å². The lowest BCUT2D eigenvalue weighted by Crippen LogP contribution is -2.33. The van der Waals surface area contributed by atoms with E-state index in [1.54, 1.807) is 32.4 Å². The summed E-state index contributed by atoms with van der Waals surface area (Å²) >= 11 is 5.99. The van der Waals surface area contributed by atoms with Crippen LogP contribution < -0.4 is 14.8 Å². The highest BCUT2D eigenvalue weighted by atomic mass is 35.5. The second-order valence-electron chi connectivity index (χ2n) is 6.59. The van der Waals surface area contributed by atoms with E-state index in [2.05, 4.69) is 16.3 Å². The lowest BCUT2D eigenvalue weighted by molar-refractivity contribution is -0.117. The molecule has 1 fully saturated rings. The first-order chi connectivity index (χ1) is 13.5. The molecule has 6 nitrogen and oxygen atoms in total. The Hall–Kier alpha value is -2.75. The zero-order valence-electron chi connectivity index (χ0n) is 15.9. The first-order valence-electron chi connectivity index (χ1n) is 9.01. The number of methoxy groups -OCH3 is 2. The largest absolute Gasteiger partial charge is 0.497 e. The van der Waals surface area contributed by atoms with Crippen LogP contribution in [0.3, 0.4) is 0 Å². The van der Waals surface area contributed by atoms with Gasteiger partial charge >= 0.3 is 0 Å². The molecule has 3 rings (SSSR count). The van der Waals surface area contributed by atoms with Crippen LogP contribution in [0.1, 0.15) is 30.0 Å². The van der Waals surface area contributed by atoms with E-state index in [-0.39, 0.29) is 18.5 Å². The van der Waals surface area contributed by atoms with Crippen LogP contribution in [0.15, 0.2) is 36.4 Å². The number of nitriles is 1. The molecule has 0 bridgehead atoms. The lowest BCUT2D eigenvalue weighted by atomic mass is 10.0. The van der Waals surface area contributed by atoms with Crippen molar-refractivity contribution in [1.29, 1.82) is 5.26 Å². The summed E-state index contributed by atoms with van der Waals surface area (Å²) in [5.41, 5.74) is 1.85. The van der Waals surface area contributed by atoms with E-state index >= 15 is 0 Å². The maximum absolute atomic E-state index is 12.6. The van der Waals surface area contributed by atoms with Crippen LogP contribution in [0.4, 0.5) is 5.69 Å². The van der Waals surface area contributed by atoms with E-state index in [4.69, 9.17) is 21.1 Å². The zero-order chi connectivity index (χ0) is 20.1. The number of amides is 1. The van der Waals surface area contributed by atoms with Gasteiger partial charge in [0.1, 0.15) is 17.6 Å². The number of hydrogen-bond acceptors (Lipinski definition) is 5. The Bertz CT molecular complexity index is 910. The number of halogens is 1. The van der Waals surface area contributed by atoms with Crippen molar-refractivity contribution >= 4 is 23.2 Å². The van der Waals surface area contributed by atoms with Crippen LogP contribution >= 0.6 is 11.6 Å². The van der Waals surface area contributed by atoms with Crippen LogP contribution in [-0.4, -0.2) is 38.1 Å². The van der Waals surface area contributed by atoms with Gasteiger partial charge in [-0.3, -0.25) is 9.69 Å². The van der Waals surface area contributed by atoms with Gasteiger partial charge in [-0.25, -0.2) is 0 Å². The van der Waals surface area contributed by atoms with Gasteiger partial charge in [-0.2, -0.15) is 5.26 Å². The molecule has 0 radical (unpaired) electrons. The topological polar surface area (TPSA) is 74.6 Å². The average Bonchev–Trinajstić information content (AvgIpc) is 3.15. The monoisotopic (exact) mass is 399 g/mol. The second-order valence-corrected chi connectivity index (χ2v) is 7.02. The Labute approximate surface area is 169 Å². The predicted octanol–water partition coefficient (Wildman–Crippen LogP) is 4.00. The first-order valence-corrected chi connectivity index (χ1v) is 9.39. The van der Waals surface area contributed by atoms with Crippen molar-refractivity contribution in [3.8, 4) is 17.6 Å². The maximum Gasteiger partial charge on any atom is 0.238 e. The summed E-state index contributed by atoms with van der Waals surface area (Å²) in [5, 5.41) is 12.5. The summed E-state index contributed by atoms with van der Waals surface area (Å²) in [4.78, 5) is 14.7. The van der Waals surface area contributed by atoms with Crippen molar-refractivity contribution in [3.05, 3.63) is 52.5 Å². The Morgan fingerprint density at radius 2 is 2.11 bits per heavy atom. The molecule has 7 heteroatoms. The van der Waals surface area contributed by atoms with E-state index in [1.165, 1.54) is 0 Å². The number of rotatable bonds is 6. The van der Waals surface area contributed by atoms with Crippen LogP contribution in [0.5, 0.6) is 11.5 Å². The van der Waals surface area contributed by atoms with Crippen molar-refractivity contribution in [1.82, 2.24) is 4.90 Å². The number of nitrogens with one attached hydrogen (secondary N) is 1. The van der Waals surface area contributed by atoms with E-state index in [9.17, 15) is 10.1 Å². The van der Waals surface area contributed by atoms with Crippen LogP contribution in [0, 0.1) is 11.3 Å². The van der Waals surface area contributed by atoms with Crippen LogP contribution in [-0.2, 0) is 4.79 Å². The van der Waals surface area contributed by atoms with Gasteiger partial charge in [0.25, 0.3) is 0 Å². The molecule has 1 N–H and O–H groups in total. The molecule has 28 heavy (non-hydrogen) atoms. The first kappa shape index (κ1) is 20.0. The van der Waals surface area contributed by atoms with Crippen LogP contribution in [0.25, 0.3) is 0 Å². The molecule has 1 aliphatic heterocycles. The standard InChI is InChI=1S/C21H22ClN3O3/c1-27-16-7-8-17(20(11-16)28-2)19-4-3-9-25(19)13-21(26)24-18-10-15(22)6-5-14(18)12-23/h5-8,10-11,19H,3-4,9,13H2,1-2H3,(H,24,26)/t19-/m1/s1. The summed E-state index contributed by atoms with van der Waals surface area (Å²) in [6, 6.07) is 12.7. The summed E-state index contributed by atoms with van der Waals surface area (Å²) in [5.74, 6) is 1.30. The molecule has 0 spiro atoms. The molecule has 2 aromatic rings. The fraction of sp³-hybridized carbons (Fsp3) is 0.333. The number of benzene rings is 2. The fourth-order valence-electron chi connectivity index (χ4n) is 3.55. The Morgan fingerprint density at radius 1 is 1.29 bits per heavy atom. The highest BCUT2D eigenvalue weighted by Gasteiger charge is 2.30. The predicted molar refractivity (Wildman–Crippen MR) is 108 cm³/mol. The maximum atomic E-state index is 12.6. The van der Waals surface area contributed by atoms with E-state index < -0.39 is 0 Å². The van der Waals surface area contributed by atoms with Crippen molar-refractivity contribution in [2.45, 2.75) is 18.9 Å². The molecular weight excluding hydrogens is 378 g/mol. The van der Waals surface area contributed by atoms with Crippen molar-refractivity contribution < 1.29 is 14.3 Å². The molecule has 1 heterocycles. The normalized spacial score (nSPS) is 16.4. The number of carbonyl (C=O) groups is 1. The Kier molecular flexibility index (Phi) is 6.40. The fourth-order valence-corrected chi connectivity index (χ4v) is 3.72. The summed E-state index contributed by atoms with van der Waals surface area (Å²) in [6.07, 6.45) is 1.93. The molecule has 0 unspecified atom stereocenters. The van der Waals surface area contributed by atoms with Gasteiger partial charge in [0.2, 0.25) is 5.91 Å². The molecule has 1 amide bonds. The zero-order valence-corrected chi connectivity index (χ0v) is 16.6. The summed E-state index contributed by atoms with van der Waals surface area (Å²) in [7, 11) is 3.25. The SMILES string of the molecule is COc1ccc([C@H]2CCCN2CC(=O)Nc2cc(Cl)ccc2C#N)c(OC)c1. The third-order valence-electron chi connectivity index (χ3n) is 4.89. The summed E-state index contributed by atoms with van der Waals surface area (Å²) in [6.45, 7) is 1.03. The molecular formula is C21H22ClN3O3. The van der Waals surface area contributed by atoms with E-state index in [1.807, 2.05) is 18.2 Å². The molecule has 1 atom stereocenters. The quantitative estimate of drug-likeness (QED) is 0.794. The molecule has 0 aromatic heterocycles. The minimum atomic E-state index is -0.182. The minimum absolute atomic E-state index is 0.0846. The van der Waals surface area contributed by atoms with Gasteiger partial charge in [-0.1, -0.05) is 17.7 Å². The van der Waals surface area contributed by atoms with Crippen LogP contribution in [0.2, 0.25) is 5.02 Å². The van der Waals surface area contributed by atoms with Gasteiger partial charge in [-0.05, 0) is 43.7 Å². The molecule has 1 saturated heterocycles. The number of carbonyl (C=O) groups excluding carboxylic acids is 1. The van der Waals surface area contributed by atoms with E-state index in [0.29, 0.717) is 16.3 Å². The Balaban J connectivity index is 1.75. The number of ether oxygens (including phenoxy) is 2. The van der Waals surface area contributed by atoms with Gasteiger partial charge in [0, 0.05) is 22.7 Å². The van der Waals surface area contributed by atoms with Crippen molar-refractivity contribution in [3.63, 3.8) is 0 Å². The second kappa shape index (κ2) is 8.96. The lowest BCUT2D eigenvalue weighted by Gasteiger charge is -2.26. The third-order valence-corrected chi connectivity index (χ3v) is 5.12. The molecule has 146 valence electrons. The number of likely N-dealkylation sites (tertiary alicyclic amines) is 1. The van der Waals surface area contributed by atoms with Crippen molar-refractivity contribution in [2.75, 3.05) is 32.6 Å². The highest BCUT2D eigenvalue weighted by molar-refractivity contribution is 6.31. The van der Waals surface area contributed by atoms with Gasteiger partial charge < -0.3 is 14.8 Å². The highest BCUT2D eigenvalue weighted by Crippen LogP contribution is 2.38. The number of hydrogen-bond donors (Lipinski definition) is 1. The molecule has 0 saturated carbocycles. The number of nitrogens with zero attached hydrogens (tertiary/aromatic N) is 2. The smallest absolute Gasteiger partial charge is 0.238 e. The van der Waals surface area contributed by atoms with E-state index in [0.717, 1.165) is 36.4 Å². The van der Waals surface area contributed by atoms with Gasteiger partial charge in [0.05, 0.1) is 32.0 Å². The molecule has 1 aliphatic rings. The molecule has 2 aromatic carbocycles.